The Morgan fingerprint density at radius 2 is 2.38 bits per heavy atom. The van der Waals surface area contributed by atoms with Gasteiger partial charge in [-0.15, -0.1) is 0 Å². The van der Waals surface area contributed by atoms with E-state index in [0.29, 0.717) is 6.21 Å². The molecule has 4 heteroatoms. The van der Waals surface area contributed by atoms with Crippen molar-refractivity contribution in [1.82, 2.24) is 0 Å². The summed E-state index contributed by atoms with van der Waals surface area (Å²) in [4.78, 5) is 9.14. The van der Waals surface area contributed by atoms with E-state index >= 15 is 0 Å². The maximum absolute atomic E-state index is 9.75. The molecule has 0 fully saturated rings. The predicted octanol–water partition coefficient (Wildman–Crippen LogP) is 0.816. The Morgan fingerprint density at radius 1 is 1.88 bits per heavy atom. The van der Waals surface area contributed by atoms with Crippen LogP contribution in [0.15, 0.2) is 11.8 Å². The lowest BCUT2D eigenvalue weighted by Gasteiger charge is -1.82. The Hall–Kier alpha value is -1.19. The fraction of sp³-hybridized carbons (Fsp3) is 0.250. The van der Waals surface area contributed by atoms with Crippen LogP contribution in [0.25, 0.3) is 0 Å². The molecule has 1 N–H and O–H groups in total. The molecule has 0 amide bonds. The fourth-order valence-corrected chi connectivity index (χ4v) is 0.241. The van der Waals surface area contributed by atoms with Gasteiger partial charge in [-0.2, -0.15) is 0 Å². The molecule has 0 aliphatic rings. The molecular weight excluding hydrogens is 108 g/mol. The van der Waals surface area contributed by atoms with Crippen LogP contribution < -0.4 is 0 Å². The van der Waals surface area contributed by atoms with Crippen molar-refractivity contribution in [2.75, 3.05) is 0 Å². The number of rotatable bonds is 2. The fourth-order valence-electron chi connectivity index (χ4n) is 0.241. The molecule has 0 aromatic heterocycles. The largest absolute Gasteiger partial charge is 0.302 e. The molecule has 0 atom stereocenters. The molecule has 0 aliphatic carbocycles. The second kappa shape index (κ2) is 2.90. The van der Waals surface area contributed by atoms with E-state index in [1.807, 2.05) is 0 Å². The highest BCUT2D eigenvalue weighted by atomic mass is 16.6. The zero-order chi connectivity index (χ0) is 6.57. The first-order valence-corrected chi connectivity index (χ1v) is 2.03. The van der Waals surface area contributed by atoms with Crippen molar-refractivity contribution >= 4 is 6.21 Å². The van der Waals surface area contributed by atoms with Crippen LogP contribution in [0.5, 0.6) is 0 Å². The molecule has 8 heavy (non-hydrogen) atoms. The molecule has 0 unspecified atom stereocenters. The SMILES string of the molecule is C/C=C(\C=N)[N+](=O)[O-]. The van der Waals surface area contributed by atoms with Gasteiger partial charge in [-0.05, 0) is 13.0 Å². The van der Waals surface area contributed by atoms with Crippen LogP contribution in [0.1, 0.15) is 6.92 Å². The Balaban J connectivity index is 4.13. The van der Waals surface area contributed by atoms with Gasteiger partial charge in [-0.3, -0.25) is 10.1 Å². The Kier molecular flexibility index (Phi) is 2.47. The van der Waals surface area contributed by atoms with Gasteiger partial charge in [0.05, 0.1) is 11.1 Å². The lowest BCUT2D eigenvalue weighted by atomic mass is 10.5. The molecule has 4 nitrogen and oxygen atoms in total. The lowest BCUT2D eigenvalue weighted by Crippen LogP contribution is -1.97. The van der Waals surface area contributed by atoms with Gasteiger partial charge in [-0.1, -0.05) is 0 Å². The van der Waals surface area contributed by atoms with Crippen molar-refractivity contribution in [3.8, 4) is 0 Å². The number of hydrogen-bond donors (Lipinski definition) is 1. The first kappa shape index (κ1) is 6.81. The summed E-state index contributed by atoms with van der Waals surface area (Å²) in [6.45, 7) is 1.52. The molecule has 0 saturated carbocycles. The Labute approximate surface area is 46.5 Å². The van der Waals surface area contributed by atoms with Crippen LogP contribution >= 0.6 is 0 Å². The number of nitrogens with one attached hydrogen (secondary N) is 1. The highest BCUT2D eigenvalue weighted by Crippen LogP contribution is 1.87. The van der Waals surface area contributed by atoms with E-state index in [1.165, 1.54) is 13.0 Å². The van der Waals surface area contributed by atoms with E-state index < -0.39 is 4.92 Å². The molecule has 0 spiro atoms. The highest BCUT2D eigenvalue weighted by molar-refractivity contribution is 5.71. The van der Waals surface area contributed by atoms with E-state index in [0.717, 1.165) is 0 Å². The van der Waals surface area contributed by atoms with E-state index in [-0.39, 0.29) is 5.70 Å². The van der Waals surface area contributed by atoms with Gasteiger partial charge in [0.2, 0.25) is 0 Å². The molecule has 0 bridgehead atoms. The minimum atomic E-state index is -0.604. The van der Waals surface area contributed by atoms with Gasteiger partial charge < -0.3 is 5.41 Å². The summed E-state index contributed by atoms with van der Waals surface area (Å²) in [6.07, 6.45) is 1.98. The van der Waals surface area contributed by atoms with Crippen molar-refractivity contribution in [2.24, 2.45) is 0 Å². The van der Waals surface area contributed by atoms with E-state index in [2.05, 4.69) is 0 Å². The molecule has 0 heterocycles. The van der Waals surface area contributed by atoms with Crippen LogP contribution in [0, 0.1) is 15.5 Å². The van der Waals surface area contributed by atoms with Gasteiger partial charge in [-0.25, -0.2) is 0 Å². The second-order valence-corrected chi connectivity index (χ2v) is 1.11. The summed E-state index contributed by atoms with van der Waals surface area (Å²) in [7, 11) is 0. The minimum absolute atomic E-state index is 0.176. The van der Waals surface area contributed by atoms with Crippen LogP contribution in [0.4, 0.5) is 0 Å². The molecule has 0 aromatic carbocycles. The number of allylic oxidation sites excluding steroid dienone is 2. The topological polar surface area (TPSA) is 67.0 Å². The monoisotopic (exact) mass is 114 g/mol. The van der Waals surface area contributed by atoms with Crippen LogP contribution in [-0.4, -0.2) is 11.1 Å². The van der Waals surface area contributed by atoms with Crippen molar-refractivity contribution in [3.05, 3.63) is 21.9 Å². The number of nitrogens with zero attached hydrogens (tertiary/aromatic N) is 1. The summed E-state index contributed by atoms with van der Waals surface area (Å²) < 4.78 is 0. The standard InChI is InChI=1S/C4H6N2O2/c1-2-4(3-5)6(7)8/h2-3,5H,1H3/b4-2+,5-3?. The van der Waals surface area contributed by atoms with Crippen molar-refractivity contribution in [2.45, 2.75) is 6.92 Å². The van der Waals surface area contributed by atoms with Crippen LogP contribution in [0.2, 0.25) is 0 Å². The molecule has 0 rings (SSSR count). The summed E-state index contributed by atoms with van der Waals surface area (Å²) in [5.74, 6) is 0. The third-order valence-corrected chi connectivity index (χ3v) is 0.654. The highest BCUT2D eigenvalue weighted by Gasteiger charge is 2.00. The predicted molar refractivity (Wildman–Crippen MR) is 29.5 cm³/mol. The van der Waals surface area contributed by atoms with Crippen molar-refractivity contribution in [1.29, 1.82) is 5.41 Å². The second-order valence-electron chi connectivity index (χ2n) is 1.11. The molecule has 44 valence electrons. The van der Waals surface area contributed by atoms with Crippen molar-refractivity contribution in [3.63, 3.8) is 0 Å². The maximum Gasteiger partial charge on any atom is 0.282 e. The van der Waals surface area contributed by atoms with E-state index in [9.17, 15) is 10.1 Å². The first-order valence-electron chi connectivity index (χ1n) is 2.03. The maximum atomic E-state index is 9.75. The van der Waals surface area contributed by atoms with Crippen LogP contribution in [0.3, 0.4) is 0 Å². The summed E-state index contributed by atoms with van der Waals surface area (Å²) in [5, 5.41) is 16.2. The van der Waals surface area contributed by atoms with E-state index in [4.69, 9.17) is 5.41 Å². The lowest BCUT2D eigenvalue weighted by molar-refractivity contribution is -0.414. The molecule has 0 aromatic rings. The Morgan fingerprint density at radius 3 is 2.38 bits per heavy atom. The average Bonchev–Trinajstić information content (AvgIpc) is 1.69. The summed E-state index contributed by atoms with van der Waals surface area (Å²) >= 11 is 0. The zero-order valence-corrected chi connectivity index (χ0v) is 4.42. The molecular formula is C4H6N2O2. The summed E-state index contributed by atoms with van der Waals surface area (Å²) in [6, 6.07) is 0. The van der Waals surface area contributed by atoms with Gasteiger partial charge >= 0.3 is 0 Å². The minimum Gasteiger partial charge on any atom is -0.302 e. The third-order valence-electron chi connectivity index (χ3n) is 0.654. The Bertz CT molecular complexity index is 139. The third kappa shape index (κ3) is 1.51. The molecule has 0 saturated heterocycles. The first-order chi connectivity index (χ1) is 3.72. The smallest absolute Gasteiger partial charge is 0.282 e. The molecule has 0 aliphatic heterocycles. The quantitative estimate of drug-likeness (QED) is 0.328. The van der Waals surface area contributed by atoms with Crippen LogP contribution in [-0.2, 0) is 0 Å². The summed E-state index contributed by atoms with van der Waals surface area (Å²) in [5.41, 5.74) is -0.176. The number of nitro groups is 1. The van der Waals surface area contributed by atoms with Gasteiger partial charge in [0.15, 0.2) is 0 Å². The van der Waals surface area contributed by atoms with Crippen molar-refractivity contribution < 1.29 is 4.92 Å². The van der Waals surface area contributed by atoms with Gasteiger partial charge in [0.1, 0.15) is 0 Å². The molecule has 0 radical (unpaired) electrons. The average molecular weight is 114 g/mol. The van der Waals surface area contributed by atoms with Gasteiger partial charge in [0.25, 0.3) is 5.70 Å². The van der Waals surface area contributed by atoms with Gasteiger partial charge in [0, 0.05) is 0 Å². The van der Waals surface area contributed by atoms with E-state index in [1.54, 1.807) is 0 Å². The zero-order valence-electron chi connectivity index (χ0n) is 4.42. The number of hydrogen-bond acceptors (Lipinski definition) is 3. The normalized spacial score (nSPS) is 10.9.